The molecule has 0 spiro atoms. The summed E-state index contributed by atoms with van der Waals surface area (Å²) in [6, 6.07) is 13.0. The first-order valence-corrected chi connectivity index (χ1v) is 12.4. The molecule has 0 radical (unpaired) electrons. The molecule has 2 aromatic carbocycles. The van der Waals surface area contributed by atoms with Crippen molar-refractivity contribution in [2.75, 3.05) is 13.1 Å². The zero-order valence-electron chi connectivity index (χ0n) is 18.6. The number of benzene rings is 2. The molecule has 2 aromatic rings. The van der Waals surface area contributed by atoms with Gasteiger partial charge in [-0.2, -0.15) is 0 Å². The Morgan fingerprint density at radius 2 is 1.56 bits per heavy atom. The minimum Gasteiger partial charge on any atom is -0.355 e. The van der Waals surface area contributed by atoms with Gasteiger partial charge in [-0.1, -0.05) is 42.8 Å². The molecule has 7 nitrogen and oxygen atoms in total. The summed E-state index contributed by atoms with van der Waals surface area (Å²) in [6.45, 7) is 6.33. The van der Waals surface area contributed by atoms with Gasteiger partial charge in [-0.15, -0.1) is 0 Å². The third-order valence-electron chi connectivity index (χ3n) is 4.98. The molecule has 0 bridgehead atoms. The first-order valence-electron chi connectivity index (χ1n) is 10.6. The van der Waals surface area contributed by atoms with Crippen LogP contribution in [0.15, 0.2) is 53.4 Å². The van der Waals surface area contributed by atoms with Crippen molar-refractivity contribution in [3.05, 3.63) is 64.7 Å². The van der Waals surface area contributed by atoms with Crippen LogP contribution in [0.4, 0.5) is 0 Å². The van der Waals surface area contributed by atoms with Gasteiger partial charge in [0.25, 0.3) is 0 Å². The average Bonchev–Trinajstić information content (AvgIpc) is 2.77. The van der Waals surface area contributed by atoms with E-state index in [-0.39, 0.29) is 29.7 Å². The van der Waals surface area contributed by atoms with Crippen molar-refractivity contribution in [2.24, 2.45) is 0 Å². The van der Waals surface area contributed by atoms with Crippen molar-refractivity contribution >= 4 is 33.4 Å². The highest BCUT2D eigenvalue weighted by Crippen LogP contribution is 2.16. The van der Waals surface area contributed by atoms with Gasteiger partial charge in [0.05, 0.1) is 4.90 Å². The summed E-state index contributed by atoms with van der Waals surface area (Å²) in [6.07, 6.45) is 0.621. The van der Waals surface area contributed by atoms with Gasteiger partial charge in [-0.3, -0.25) is 9.59 Å². The number of carbonyl (C=O) groups is 2. The number of halogens is 1. The Labute approximate surface area is 195 Å². The zero-order valence-corrected chi connectivity index (χ0v) is 20.2. The average molecular weight is 480 g/mol. The molecule has 0 aromatic heterocycles. The molecule has 9 heteroatoms. The largest absolute Gasteiger partial charge is 0.355 e. The van der Waals surface area contributed by atoms with Gasteiger partial charge < -0.3 is 10.2 Å². The van der Waals surface area contributed by atoms with Crippen LogP contribution in [0, 0.1) is 0 Å². The van der Waals surface area contributed by atoms with E-state index >= 15 is 0 Å². The Morgan fingerprint density at radius 3 is 2.12 bits per heavy atom. The van der Waals surface area contributed by atoms with E-state index in [1.165, 1.54) is 12.1 Å². The zero-order chi connectivity index (χ0) is 23.7. The number of nitrogens with one attached hydrogen (secondary N) is 2. The number of hydrogen-bond donors (Lipinski definition) is 2. The fraction of sp³-hybridized carbons (Fsp3) is 0.391. The summed E-state index contributed by atoms with van der Waals surface area (Å²) in [5.74, 6) is -0.379. The number of rotatable bonds is 11. The summed E-state index contributed by atoms with van der Waals surface area (Å²) in [5, 5.41) is 3.36. The number of sulfonamides is 1. The van der Waals surface area contributed by atoms with Crippen molar-refractivity contribution in [3.63, 3.8) is 0 Å². The molecule has 0 aliphatic carbocycles. The standard InChI is InChI=1S/C23H30ClN3O4S/c1-4-25-23(29)17(3)27(16-19-6-11-20(24)12-7-19)22(28)15-10-18-8-13-21(14-9-18)32(30,31)26-5-2/h6-9,11-14,17,26H,4-5,10,15-16H2,1-3H3,(H,25,29). The first-order chi connectivity index (χ1) is 15.2. The summed E-state index contributed by atoms with van der Waals surface area (Å²) >= 11 is 5.95. The number of amides is 2. The molecule has 0 aliphatic heterocycles. The molecule has 0 saturated carbocycles. The van der Waals surface area contributed by atoms with Gasteiger partial charge >= 0.3 is 0 Å². The lowest BCUT2D eigenvalue weighted by Crippen LogP contribution is -2.47. The summed E-state index contributed by atoms with van der Waals surface area (Å²) < 4.78 is 26.6. The van der Waals surface area contributed by atoms with Crippen LogP contribution in [0.5, 0.6) is 0 Å². The number of carbonyl (C=O) groups excluding carboxylic acids is 2. The highest BCUT2D eigenvalue weighted by atomic mass is 35.5. The van der Waals surface area contributed by atoms with Crippen LogP contribution in [-0.2, 0) is 32.6 Å². The number of aryl methyl sites for hydroxylation is 1. The maximum atomic E-state index is 13.1. The Bertz CT molecular complexity index is 1010. The first kappa shape index (κ1) is 25.8. The Kier molecular flexibility index (Phi) is 9.68. The summed E-state index contributed by atoms with van der Waals surface area (Å²) in [5.41, 5.74) is 1.71. The quantitative estimate of drug-likeness (QED) is 0.517. The van der Waals surface area contributed by atoms with E-state index < -0.39 is 16.1 Å². The van der Waals surface area contributed by atoms with Crippen LogP contribution in [0.3, 0.4) is 0 Å². The van der Waals surface area contributed by atoms with Crippen LogP contribution in [0.1, 0.15) is 38.3 Å². The summed E-state index contributed by atoms with van der Waals surface area (Å²) in [4.78, 5) is 27.2. The number of likely N-dealkylation sites (N-methyl/N-ethyl adjacent to an activating group) is 1. The fourth-order valence-electron chi connectivity index (χ4n) is 3.19. The third-order valence-corrected chi connectivity index (χ3v) is 6.79. The number of hydrogen-bond acceptors (Lipinski definition) is 4. The molecule has 1 atom stereocenters. The lowest BCUT2D eigenvalue weighted by Gasteiger charge is -2.29. The molecule has 2 rings (SSSR count). The Morgan fingerprint density at radius 1 is 0.969 bits per heavy atom. The molecule has 174 valence electrons. The van der Waals surface area contributed by atoms with E-state index in [0.717, 1.165) is 11.1 Å². The van der Waals surface area contributed by atoms with Gasteiger partial charge in [-0.25, -0.2) is 13.1 Å². The maximum Gasteiger partial charge on any atom is 0.242 e. The van der Waals surface area contributed by atoms with Gasteiger partial charge in [0.2, 0.25) is 21.8 Å². The second-order valence-electron chi connectivity index (χ2n) is 7.36. The molecule has 1 unspecified atom stereocenters. The minimum absolute atomic E-state index is 0.164. The topological polar surface area (TPSA) is 95.6 Å². The van der Waals surface area contributed by atoms with E-state index in [0.29, 0.717) is 24.5 Å². The predicted molar refractivity (Wildman–Crippen MR) is 126 cm³/mol. The van der Waals surface area contributed by atoms with Crippen LogP contribution >= 0.6 is 11.6 Å². The van der Waals surface area contributed by atoms with Crippen LogP contribution in [0.25, 0.3) is 0 Å². The van der Waals surface area contributed by atoms with E-state index in [9.17, 15) is 18.0 Å². The SMILES string of the molecule is CCNC(=O)C(C)N(Cc1ccc(Cl)cc1)C(=O)CCc1ccc(S(=O)(=O)NCC)cc1. The van der Waals surface area contributed by atoms with Crippen LogP contribution in [0.2, 0.25) is 5.02 Å². The Balaban J connectivity index is 2.11. The molecule has 2 amide bonds. The van der Waals surface area contributed by atoms with E-state index in [1.54, 1.807) is 43.0 Å². The van der Waals surface area contributed by atoms with E-state index in [1.807, 2.05) is 19.1 Å². The van der Waals surface area contributed by atoms with Gasteiger partial charge in [0, 0.05) is 31.1 Å². The van der Waals surface area contributed by atoms with Crippen molar-refractivity contribution < 1.29 is 18.0 Å². The predicted octanol–water partition coefficient (Wildman–Crippen LogP) is 3.12. The fourth-order valence-corrected chi connectivity index (χ4v) is 4.36. The minimum atomic E-state index is -3.51. The van der Waals surface area contributed by atoms with Gasteiger partial charge in [0.15, 0.2) is 0 Å². The maximum absolute atomic E-state index is 13.1. The molecule has 2 N–H and O–H groups in total. The molecular formula is C23H30ClN3O4S. The lowest BCUT2D eigenvalue weighted by atomic mass is 10.1. The molecule has 0 aliphatic rings. The molecule has 0 saturated heterocycles. The highest BCUT2D eigenvalue weighted by molar-refractivity contribution is 7.89. The van der Waals surface area contributed by atoms with Gasteiger partial charge in [0.1, 0.15) is 6.04 Å². The van der Waals surface area contributed by atoms with E-state index in [4.69, 9.17) is 11.6 Å². The van der Waals surface area contributed by atoms with Crippen molar-refractivity contribution in [1.29, 1.82) is 0 Å². The summed E-state index contributed by atoms with van der Waals surface area (Å²) in [7, 11) is -3.51. The smallest absolute Gasteiger partial charge is 0.242 e. The molecule has 32 heavy (non-hydrogen) atoms. The second kappa shape index (κ2) is 12.0. The number of nitrogens with zero attached hydrogens (tertiary/aromatic N) is 1. The van der Waals surface area contributed by atoms with E-state index in [2.05, 4.69) is 10.0 Å². The van der Waals surface area contributed by atoms with Crippen LogP contribution in [-0.4, -0.2) is 44.3 Å². The molecule has 0 heterocycles. The van der Waals surface area contributed by atoms with Crippen molar-refractivity contribution in [2.45, 2.75) is 51.1 Å². The highest BCUT2D eigenvalue weighted by Gasteiger charge is 2.25. The lowest BCUT2D eigenvalue weighted by molar-refractivity contribution is -0.140. The third kappa shape index (κ3) is 7.32. The Hall–Kier alpha value is -2.42. The second-order valence-corrected chi connectivity index (χ2v) is 9.57. The molecule has 0 fully saturated rings. The normalized spacial score (nSPS) is 12.2. The van der Waals surface area contributed by atoms with Crippen molar-refractivity contribution in [1.82, 2.24) is 14.9 Å². The molecular weight excluding hydrogens is 450 g/mol. The van der Waals surface area contributed by atoms with Crippen LogP contribution < -0.4 is 10.0 Å². The van der Waals surface area contributed by atoms with Gasteiger partial charge in [-0.05, 0) is 55.7 Å². The monoisotopic (exact) mass is 479 g/mol. The van der Waals surface area contributed by atoms with Crippen molar-refractivity contribution in [3.8, 4) is 0 Å².